The standard InChI is InChI=1S/C11H19N5.HI/c1-9-3-5-15(11(12)13-2)7-10(9)16-6-4-14-8-16;/h4,6,8-10H,3,5,7H2,1-2H3,(H2,12,13);1H. The van der Waals surface area contributed by atoms with Gasteiger partial charge in [0.1, 0.15) is 0 Å². The Labute approximate surface area is 119 Å². The van der Waals surface area contributed by atoms with Crippen molar-refractivity contribution >= 4 is 29.9 Å². The first-order valence-corrected chi connectivity index (χ1v) is 5.67. The molecule has 1 saturated heterocycles. The molecule has 5 nitrogen and oxygen atoms in total. The Morgan fingerprint density at radius 2 is 2.29 bits per heavy atom. The van der Waals surface area contributed by atoms with Crippen molar-refractivity contribution in [1.82, 2.24) is 14.5 Å². The normalized spacial score (nSPS) is 25.5. The third kappa shape index (κ3) is 3.11. The lowest BCUT2D eigenvalue weighted by Crippen LogP contribution is -2.46. The molecule has 2 N–H and O–H groups in total. The van der Waals surface area contributed by atoms with Crippen molar-refractivity contribution in [3.8, 4) is 0 Å². The summed E-state index contributed by atoms with van der Waals surface area (Å²) in [6, 6.07) is 0.441. The number of imidazole rings is 1. The van der Waals surface area contributed by atoms with E-state index in [1.807, 2.05) is 18.7 Å². The molecule has 0 saturated carbocycles. The summed E-state index contributed by atoms with van der Waals surface area (Å²) in [7, 11) is 1.74. The van der Waals surface area contributed by atoms with Crippen LogP contribution in [-0.4, -0.2) is 40.5 Å². The Bertz CT molecular complexity index is 362. The molecule has 2 heterocycles. The molecule has 0 amide bonds. The van der Waals surface area contributed by atoms with Crippen LogP contribution < -0.4 is 5.73 Å². The van der Waals surface area contributed by atoms with Gasteiger partial charge >= 0.3 is 0 Å². The van der Waals surface area contributed by atoms with E-state index in [0.29, 0.717) is 17.9 Å². The number of hydrogen-bond acceptors (Lipinski definition) is 2. The van der Waals surface area contributed by atoms with Crippen LogP contribution >= 0.6 is 24.0 Å². The van der Waals surface area contributed by atoms with Gasteiger partial charge in [-0.15, -0.1) is 24.0 Å². The number of aromatic nitrogens is 2. The molecule has 17 heavy (non-hydrogen) atoms. The lowest BCUT2D eigenvalue weighted by Gasteiger charge is -2.38. The summed E-state index contributed by atoms with van der Waals surface area (Å²) in [5, 5.41) is 0. The highest BCUT2D eigenvalue weighted by molar-refractivity contribution is 14.0. The van der Waals surface area contributed by atoms with Crippen LogP contribution in [0, 0.1) is 5.92 Å². The van der Waals surface area contributed by atoms with Crippen LogP contribution in [0.4, 0.5) is 0 Å². The van der Waals surface area contributed by atoms with E-state index in [-0.39, 0.29) is 24.0 Å². The fourth-order valence-electron chi connectivity index (χ4n) is 2.25. The molecular weight excluding hydrogens is 329 g/mol. The molecule has 96 valence electrons. The van der Waals surface area contributed by atoms with Crippen molar-refractivity contribution in [2.24, 2.45) is 16.6 Å². The Morgan fingerprint density at radius 3 is 2.88 bits per heavy atom. The molecule has 2 atom stereocenters. The van der Waals surface area contributed by atoms with Gasteiger partial charge in [-0.3, -0.25) is 4.99 Å². The summed E-state index contributed by atoms with van der Waals surface area (Å²) >= 11 is 0. The van der Waals surface area contributed by atoms with Gasteiger partial charge in [0.15, 0.2) is 5.96 Å². The maximum Gasteiger partial charge on any atom is 0.191 e. The Kier molecular flexibility index (Phi) is 5.23. The Hall–Kier alpha value is -0.790. The number of guanidine groups is 1. The smallest absolute Gasteiger partial charge is 0.191 e. The molecular formula is C11H20IN5. The molecule has 0 aromatic carbocycles. The minimum absolute atomic E-state index is 0. The maximum atomic E-state index is 5.86. The van der Waals surface area contributed by atoms with Crippen LogP contribution in [0.2, 0.25) is 0 Å². The van der Waals surface area contributed by atoms with Gasteiger partial charge in [0.05, 0.1) is 12.4 Å². The minimum Gasteiger partial charge on any atom is -0.370 e. The van der Waals surface area contributed by atoms with E-state index < -0.39 is 0 Å². The fourth-order valence-corrected chi connectivity index (χ4v) is 2.25. The predicted molar refractivity (Wildman–Crippen MR) is 79.6 cm³/mol. The zero-order valence-corrected chi connectivity index (χ0v) is 12.6. The highest BCUT2D eigenvalue weighted by Crippen LogP contribution is 2.26. The van der Waals surface area contributed by atoms with Gasteiger partial charge in [-0.25, -0.2) is 4.98 Å². The lowest BCUT2D eigenvalue weighted by molar-refractivity contribution is 0.191. The SMILES string of the molecule is CN=C(N)N1CCC(C)C(n2ccnc2)C1.I. The highest BCUT2D eigenvalue weighted by Gasteiger charge is 2.27. The molecule has 1 aromatic rings. The number of hydrogen-bond donors (Lipinski definition) is 1. The molecule has 1 fully saturated rings. The monoisotopic (exact) mass is 349 g/mol. The number of nitrogens with zero attached hydrogens (tertiary/aromatic N) is 4. The molecule has 6 heteroatoms. The molecule has 1 aromatic heterocycles. The first-order valence-electron chi connectivity index (χ1n) is 5.67. The maximum absolute atomic E-state index is 5.86. The summed E-state index contributed by atoms with van der Waals surface area (Å²) in [5.41, 5.74) is 5.86. The molecule has 1 aliphatic rings. The summed E-state index contributed by atoms with van der Waals surface area (Å²) < 4.78 is 2.17. The van der Waals surface area contributed by atoms with Crippen molar-refractivity contribution < 1.29 is 0 Å². The van der Waals surface area contributed by atoms with Crippen LogP contribution in [0.3, 0.4) is 0 Å². The van der Waals surface area contributed by atoms with Crippen LogP contribution in [0.1, 0.15) is 19.4 Å². The zero-order chi connectivity index (χ0) is 11.5. The van der Waals surface area contributed by atoms with Crippen LogP contribution in [0.25, 0.3) is 0 Å². The molecule has 1 aliphatic heterocycles. The van der Waals surface area contributed by atoms with Crippen molar-refractivity contribution in [2.75, 3.05) is 20.1 Å². The van der Waals surface area contributed by atoms with Gasteiger partial charge in [0.25, 0.3) is 0 Å². The van der Waals surface area contributed by atoms with Gasteiger partial charge < -0.3 is 15.2 Å². The van der Waals surface area contributed by atoms with Crippen molar-refractivity contribution in [1.29, 1.82) is 0 Å². The van der Waals surface area contributed by atoms with E-state index in [0.717, 1.165) is 19.5 Å². The zero-order valence-electron chi connectivity index (χ0n) is 10.3. The molecule has 0 radical (unpaired) electrons. The number of piperidine rings is 1. The number of rotatable bonds is 1. The van der Waals surface area contributed by atoms with E-state index in [4.69, 9.17) is 5.73 Å². The topological polar surface area (TPSA) is 59.4 Å². The number of halogens is 1. The summed E-state index contributed by atoms with van der Waals surface area (Å²) in [6.45, 7) is 4.19. The van der Waals surface area contributed by atoms with E-state index in [1.54, 1.807) is 7.05 Å². The fraction of sp³-hybridized carbons (Fsp3) is 0.636. The average Bonchev–Trinajstić information content (AvgIpc) is 2.82. The second kappa shape index (κ2) is 6.23. The van der Waals surface area contributed by atoms with Crippen molar-refractivity contribution in [3.63, 3.8) is 0 Å². The quantitative estimate of drug-likeness (QED) is 0.473. The molecule has 0 spiro atoms. The van der Waals surface area contributed by atoms with Gasteiger partial charge in [0, 0.05) is 32.5 Å². The summed E-state index contributed by atoms with van der Waals surface area (Å²) in [4.78, 5) is 10.3. The predicted octanol–water partition coefficient (Wildman–Crippen LogP) is 1.33. The molecule has 0 bridgehead atoms. The number of likely N-dealkylation sites (tertiary alicyclic amines) is 1. The summed E-state index contributed by atoms with van der Waals surface area (Å²) in [6.07, 6.45) is 6.86. The first-order chi connectivity index (χ1) is 7.72. The van der Waals surface area contributed by atoms with Crippen LogP contribution in [0.5, 0.6) is 0 Å². The number of nitrogens with two attached hydrogens (primary N) is 1. The van der Waals surface area contributed by atoms with E-state index in [1.165, 1.54) is 0 Å². The molecule has 2 unspecified atom stereocenters. The average molecular weight is 349 g/mol. The van der Waals surface area contributed by atoms with Gasteiger partial charge in [0.2, 0.25) is 0 Å². The van der Waals surface area contributed by atoms with E-state index >= 15 is 0 Å². The second-order valence-corrected chi connectivity index (χ2v) is 4.37. The minimum atomic E-state index is 0. The molecule has 0 aliphatic carbocycles. The van der Waals surface area contributed by atoms with Gasteiger partial charge in [-0.2, -0.15) is 0 Å². The second-order valence-electron chi connectivity index (χ2n) is 4.37. The number of aliphatic imine (C=N–C) groups is 1. The van der Waals surface area contributed by atoms with E-state index in [2.05, 4.69) is 26.4 Å². The van der Waals surface area contributed by atoms with Crippen molar-refractivity contribution in [3.05, 3.63) is 18.7 Å². The van der Waals surface area contributed by atoms with Crippen LogP contribution in [0.15, 0.2) is 23.7 Å². The third-order valence-corrected chi connectivity index (χ3v) is 3.38. The third-order valence-electron chi connectivity index (χ3n) is 3.38. The Morgan fingerprint density at radius 1 is 1.53 bits per heavy atom. The van der Waals surface area contributed by atoms with Crippen LogP contribution in [-0.2, 0) is 0 Å². The van der Waals surface area contributed by atoms with E-state index in [9.17, 15) is 0 Å². The van der Waals surface area contributed by atoms with Gasteiger partial charge in [-0.1, -0.05) is 6.92 Å². The summed E-state index contributed by atoms with van der Waals surface area (Å²) in [5.74, 6) is 1.28. The first kappa shape index (κ1) is 14.3. The molecule has 2 rings (SSSR count). The van der Waals surface area contributed by atoms with Gasteiger partial charge in [-0.05, 0) is 12.3 Å². The van der Waals surface area contributed by atoms with Crippen molar-refractivity contribution in [2.45, 2.75) is 19.4 Å². The Balaban J connectivity index is 0.00000144. The lowest BCUT2D eigenvalue weighted by atomic mass is 9.93. The highest BCUT2D eigenvalue weighted by atomic mass is 127. The largest absolute Gasteiger partial charge is 0.370 e.